The number of nitrogens with one attached hydrogen (secondary N) is 1. The van der Waals surface area contributed by atoms with Crippen LogP contribution in [0.3, 0.4) is 0 Å². The third kappa shape index (κ3) is 7.59. The van der Waals surface area contributed by atoms with Gasteiger partial charge in [-0.3, -0.25) is 34.6 Å². The molecule has 1 saturated heterocycles. The molecule has 0 aliphatic carbocycles. The molecule has 4 rings (SSSR count). The minimum atomic E-state index is -1.06. The number of nitrogens with zero attached hydrogens (tertiary/aromatic N) is 3. The first-order valence-corrected chi connectivity index (χ1v) is 14.4. The summed E-state index contributed by atoms with van der Waals surface area (Å²) in [6.45, 7) is -0.435. The molecule has 4 atom stereocenters. The summed E-state index contributed by atoms with van der Waals surface area (Å²) in [5.41, 5.74) is -1.20. The number of nitro groups is 2. The topological polar surface area (TPSA) is 191 Å². The van der Waals surface area contributed by atoms with Crippen LogP contribution in [-0.2, 0) is 4.74 Å². The molecule has 0 spiro atoms. The van der Waals surface area contributed by atoms with Crippen LogP contribution < -0.4 is 11.2 Å². The lowest BCUT2D eigenvalue weighted by Crippen LogP contribution is -2.36. The Bertz CT molecular complexity index is 1370. The van der Waals surface area contributed by atoms with E-state index in [2.05, 4.69) is 4.98 Å². The van der Waals surface area contributed by atoms with Crippen molar-refractivity contribution in [1.29, 1.82) is 0 Å². The molecule has 1 aliphatic heterocycles. The van der Waals surface area contributed by atoms with E-state index in [4.69, 9.17) is 15.4 Å². The van der Waals surface area contributed by atoms with Crippen LogP contribution in [-0.4, -0.2) is 53.7 Å². The van der Waals surface area contributed by atoms with E-state index >= 15 is 0 Å². The van der Waals surface area contributed by atoms with Crippen molar-refractivity contribution in [3.8, 4) is 0 Å². The minimum Gasteiger partial charge on any atom is -0.394 e. The Balaban J connectivity index is 0.000000304. The van der Waals surface area contributed by atoms with E-state index in [0.717, 1.165) is 26.5 Å². The van der Waals surface area contributed by atoms with Crippen molar-refractivity contribution in [2.75, 3.05) is 6.61 Å². The molecule has 0 radical (unpaired) electrons. The van der Waals surface area contributed by atoms with Crippen molar-refractivity contribution in [2.45, 2.75) is 33.5 Å². The fourth-order valence-corrected chi connectivity index (χ4v) is 6.40. The number of rotatable bonds is 8. The smallest absolute Gasteiger partial charge is 0.330 e. The van der Waals surface area contributed by atoms with Gasteiger partial charge in [-0.1, -0.05) is 21.6 Å². The Labute approximate surface area is 230 Å². The lowest BCUT2D eigenvalue weighted by atomic mass is 10.2. The number of hydrogen-bond acceptors (Lipinski definition) is 12. The van der Waals surface area contributed by atoms with E-state index in [-0.39, 0.29) is 11.4 Å². The van der Waals surface area contributed by atoms with E-state index in [1.807, 2.05) is 0 Å². The lowest BCUT2D eigenvalue weighted by molar-refractivity contribution is -0.385. The van der Waals surface area contributed by atoms with E-state index in [1.54, 1.807) is 24.3 Å². The van der Waals surface area contributed by atoms with Gasteiger partial charge in [0.15, 0.2) is 6.23 Å². The molecule has 1 unspecified atom stereocenters. The molecule has 0 amide bonds. The van der Waals surface area contributed by atoms with Crippen LogP contribution in [0.1, 0.15) is 6.23 Å². The fourth-order valence-electron chi connectivity index (χ4n) is 3.18. The normalized spacial score (nSPS) is 20.4. The highest BCUT2D eigenvalue weighted by Crippen LogP contribution is 2.45. The van der Waals surface area contributed by atoms with Gasteiger partial charge in [-0.2, -0.15) is 0 Å². The second-order valence-corrected chi connectivity index (χ2v) is 11.0. The molecule has 1 fully saturated rings. The zero-order valence-electron chi connectivity index (χ0n) is 19.0. The lowest BCUT2D eigenvalue weighted by Gasteiger charge is -2.20. The summed E-state index contributed by atoms with van der Waals surface area (Å²) in [4.78, 5) is 46.9. The highest BCUT2D eigenvalue weighted by Gasteiger charge is 2.45. The van der Waals surface area contributed by atoms with Crippen molar-refractivity contribution in [2.24, 2.45) is 0 Å². The highest BCUT2D eigenvalue weighted by molar-refractivity contribution is 8.77. The molecule has 1 aliphatic rings. The van der Waals surface area contributed by atoms with Gasteiger partial charge in [-0.25, -0.2) is 4.79 Å². The summed E-state index contributed by atoms with van der Waals surface area (Å²) >= 11 is 0. The molecule has 17 heteroatoms. The molecule has 0 saturated carbocycles. The van der Waals surface area contributed by atoms with Gasteiger partial charge in [0.1, 0.15) is 6.10 Å². The summed E-state index contributed by atoms with van der Waals surface area (Å²) in [6, 6.07) is 13.1. The van der Waals surface area contributed by atoms with Gasteiger partial charge in [0.2, 0.25) is 0 Å². The Morgan fingerprint density at radius 3 is 2.00 bits per heavy atom. The molecular formula is C21H19ClN4O9S3. The molecule has 38 heavy (non-hydrogen) atoms. The van der Waals surface area contributed by atoms with Gasteiger partial charge in [-0.05, 0) is 45.9 Å². The average molecular weight is 603 g/mol. The Morgan fingerprint density at radius 1 is 0.974 bits per heavy atom. The number of H-pyrrole nitrogens is 1. The van der Waals surface area contributed by atoms with Gasteiger partial charge in [0.25, 0.3) is 16.9 Å². The number of ether oxygens (including phenoxy) is 1. The number of aromatic nitrogens is 2. The van der Waals surface area contributed by atoms with E-state index in [0.29, 0.717) is 4.90 Å². The second kappa shape index (κ2) is 13.8. The first kappa shape index (κ1) is 29.7. The molecule has 2 aromatic carbocycles. The number of nitro benzene ring substituents is 2. The molecule has 3 aromatic rings. The maximum absolute atomic E-state index is 12.1. The summed E-state index contributed by atoms with van der Waals surface area (Å²) in [5, 5.41) is 40.1. The predicted octanol–water partition coefficient (Wildman–Crippen LogP) is 3.35. The van der Waals surface area contributed by atoms with Crippen LogP contribution in [0.2, 0.25) is 0 Å². The van der Waals surface area contributed by atoms with Crippen molar-refractivity contribution < 1.29 is 24.8 Å². The van der Waals surface area contributed by atoms with Crippen LogP contribution in [0.4, 0.5) is 11.4 Å². The standard InChI is InChI=1S/C15H15N3O7S2.C6H4ClNO2S/c19-7-10-12(21)13(14(25-10)17-6-5-11(20)16-15(17)22)27-26-9-3-1-8(2-4-9)18(23)24;7-11-6-3-1-5(2-4-6)8(9)10/h1-6,10,12-14,19,21H,7H2,(H,16,20,22);1-4H/t10-,12+,13?,14-;/m1./s1. The predicted molar refractivity (Wildman–Crippen MR) is 143 cm³/mol. The number of halogens is 1. The Morgan fingerprint density at radius 2 is 1.53 bits per heavy atom. The highest BCUT2D eigenvalue weighted by atomic mass is 35.7. The first-order chi connectivity index (χ1) is 18.1. The largest absolute Gasteiger partial charge is 0.394 e. The molecule has 202 valence electrons. The molecule has 0 bridgehead atoms. The number of hydrogen-bond donors (Lipinski definition) is 3. The molecule has 3 N–H and O–H groups in total. The van der Waals surface area contributed by atoms with Crippen LogP contribution in [0, 0.1) is 20.2 Å². The summed E-state index contributed by atoms with van der Waals surface area (Å²) < 4.78 is 6.75. The zero-order chi connectivity index (χ0) is 27.8. The van der Waals surface area contributed by atoms with Crippen molar-refractivity contribution in [3.05, 3.63) is 102 Å². The average Bonchev–Trinajstić information content (AvgIpc) is 3.22. The number of aliphatic hydroxyl groups is 2. The van der Waals surface area contributed by atoms with Gasteiger partial charge in [-0.15, -0.1) is 0 Å². The summed E-state index contributed by atoms with van der Waals surface area (Å²) in [7, 11) is 8.89. The molecule has 13 nitrogen and oxygen atoms in total. The van der Waals surface area contributed by atoms with Gasteiger partial charge in [0, 0.05) is 46.3 Å². The van der Waals surface area contributed by atoms with Crippen LogP contribution in [0.25, 0.3) is 0 Å². The van der Waals surface area contributed by atoms with Crippen LogP contribution >= 0.6 is 43.2 Å². The molecule has 1 aromatic heterocycles. The quantitative estimate of drug-likeness (QED) is 0.194. The zero-order valence-corrected chi connectivity index (χ0v) is 22.2. The maximum atomic E-state index is 12.1. The second-order valence-electron chi connectivity index (χ2n) is 7.48. The van der Waals surface area contributed by atoms with Crippen molar-refractivity contribution in [1.82, 2.24) is 9.55 Å². The van der Waals surface area contributed by atoms with Gasteiger partial charge in [0.05, 0.1) is 27.8 Å². The number of aromatic amines is 1. The van der Waals surface area contributed by atoms with Gasteiger partial charge < -0.3 is 14.9 Å². The molecule has 2 heterocycles. The number of aliphatic hydroxyl groups excluding tert-OH is 2. The third-order valence-corrected chi connectivity index (χ3v) is 8.87. The van der Waals surface area contributed by atoms with Crippen molar-refractivity contribution in [3.63, 3.8) is 0 Å². The number of benzene rings is 2. The van der Waals surface area contributed by atoms with Crippen LogP contribution in [0.15, 0.2) is 80.2 Å². The number of non-ortho nitro benzene ring substituents is 2. The summed E-state index contributed by atoms with van der Waals surface area (Å²) in [5.74, 6) is 0. The monoisotopic (exact) mass is 602 g/mol. The molecular weight excluding hydrogens is 584 g/mol. The van der Waals surface area contributed by atoms with E-state index in [1.165, 1.54) is 52.1 Å². The SMILES string of the molecule is O=[N+]([O-])c1ccc(SCl)cc1.O=c1ccn([C@@H]2O[C@H](CO)[C@H](O)C2SSc2ccc([N+](=O)[O-])cc2)c(=O)[nH]1. The third-order valence-electron chi connectivity index (χ3n) is 5.06. The van der Waals surface area contributed by atoms with Crippen LogP contribution in [0.5, 0.6) is 0 Å². The Kier molecular flexibility index (Phi) is 10.8. The van der Waals surface area contributed by atoms with E-state index in [9.17, 15) is 40.0 Å². The Hall–Kier alpha value is -2.86. The van der Waals surface area contributed by atoms with E-state index < -0.39 is 51.4 Å². The fraction of sp³-hybridized carbons (Fsp3) is 0.238. The van der Waals surface area contributed by atoms with Gasteiger partial charge >= 0.3 is 5.69 Å². The maximum Gasteiger partial charge on any atom is 0.330 e. The van der Waals surface area contributed by atoms with Crippen molar-refractivity contribution >= 4 is 54.6 Å². The first-order valence-electron chi connectivity index (χ1n) is 10.5. The minimum absolute atomic E-state index is 0.0356. The summed E-state index contributed by atoms with van der Waals surface area (Å²) in [6.07, 6.45) is -1.59.